The van der Waals surface area contributed by atoms with Crippen molar-refractivity contribution in [2.24, 2.45) is 11.8 Å². The summed E-state index contributed by atoms with van der Waals surface area (Å²) in [6, 6.07) is 1.96. The summed E-state index contributed by atoms with van der Waals surface area (Å²) in [4.78, 5) is 12.8. The molecule has 0 aromatic rings. The van der Waals surface area contributed by atoms with E-state index in [0.29, 0.717) is 6.61 Å². The van der Waals surface area contributed by atoms with E-state index in [1.54, 1.807) is 0 Å². The van der Waals surface area contributed by atoms with Crippen LogP contribution in [0.2, 0.25) is 0 Å². The third-order valence-corrected chi connectivity index (χ3v) is 2.25. The second-order valence-corrected chi connectivity index (χ2v) is 4.18. The first-order valence-corrected chi connectivity index (χ1v) is 5.04. The van der Waals surface area contributed by atoms with Gasteiger partial charge in [-0.25, -0.2) is 4.79 Å². The van der Waals surface area contributed by atoms with Gasteiger partial charge >= 0.3 is 6.09 Å². The van der Waals surface area contributed by atoms with Crippen LogP contribution < -0.4 is 0 Å². The molecule has 1 heterocycles. The predicted octanol–water partition coefficient (Wildman–Crippen LogP) is 0.595. The number of hydrogen-bond acceptors (Lipinski definition) is 4. The van der Waals surface area contributed by atoms with E-state index in [-0.39, 0.29) is 19.0 Å². The second-order valence-electron chi connectivity index (χ2n) is 4.18. The van der Waals surface area contributed by atoms with Crippen molar-refractivity contribution in [3.05, 3.63) is 0 Å². The van der Waals surface area contributed by atoms with Crippen molar-refractivity contribution >= 4 is 6.09 Å². The Hall–Kier alpha value is -1.28. The van der Waals surface area contributed by atoms with Crippen molar-refractivity contribution in [2.45, 2.75) is 20.0 Å². The Morgan fingerprint density at radius 3 is 2.80 bits per heavy atom. The van der Waals surface area contributed by atoms with Gasteiger partial charge in [0.25, 0.3) is 0 Å². The van der Waals surface area contributed by atoms with E-state index in [9.17, 15) is 9.90 Å². The van der Waals surface area contributed by atoms with Gasteiger partial charge in [0, 0.05) is 6.54 Å². The summed E-state index contributed by atoms with van der Waals surface area (Å²) in [5.74, 6) is -0.204. The topological polar surface area (TPSA) is 73.6 Å². The predicted molar refractivity (Wildman–Crippen MR) is 52.9 cm³/mol. The Balaban J connectivity index is 2.40. The van der Waals surface area contributed by atoms with Crippen LogP contribution in [0.3, 0.4) is 0 Å². The third kappa shape index (κ3) is 3.10. The molecule has 0 spiro atoms. The van der Waals surface area contributed by atoms with E-state index >= 15 is 0 Å². The maximum absolute atomic E-state index is 11.4. The molecular weight excluding hydrogens is 196 g/mol. The average molecular weight is 212 g/mol. The summed E-state index contributed by atoms with van der Waals surface area (Å²) in [6.07, 6.45) is -1.19. The highest BCUT2D eigenvalue weighted by molar-refractivity contribution is 5.68. The molecule has 1 fully saturated rings. The number of hydrogen-bond donors (Lipinski definition) is 1. The number of ether oxygens (including phenoxy) is 1. The summed E-state index contributed by atoms with van der Waals surface area (Å²) in [7, 11) is 0. The maximum Gasteiger partial charge on any atom is 0.409 e. The molecule has 0 saturated carbocycles. The van der Waals surface area contributed by atoms with Gasteiger partial charge in [-0.15, -0.1) is 0 Å². The highest BCUT2D eigenvalue weighted by Crippen LogP contribution is 2.17. The Labute approximate surface area is 89.2 Å². The minimum Gasteiger partial charge on any atom is -0.449 e. The summed E-state index contributed by atoms with van der Waals surface area (Å²) in [5, 5.41) is 18.1. The quantitative estimate of drug-likeness (QED) is 0.727. The zero-order valence-corrected chi connectivity index (χ0v) is 9.01. The zero-order valence-electron chi connectivity index (χ0n) is 9.01. The van der Waals surface area contributed by atoms with Gasteiger partial charge in [0.05, 0.1) is 31.2 Å². The van der Waals surface area contributed by atoms with E-state index in [4.69, 9.17) is 10.00 Å². The van der Waals surface area contributed by atoms with Crippen LogP contribution in [0.5, 0.6) is 0 Å². The van der Waals surface area contributed by atoms with Gasteiger partial charge in [-0.1, -0.05) is 13.8 Å². The van der Waals surface area contributed by atoms with E-state index in [1.165, 1.54) is 4.90 Å². The molecule has 84 valence electrons. The Bertz CT molecular complexity index is 272. The zero-order chi connectivity index (χ0) is 11.4. The first-order chi connectivity index (χ1) is 7.04. The van der Waals surface area contributed by atoms with E-state index in [0.717, 1.165) is 0 Å². The van der Waals surface area contributed by atoms with Crippen molar-refractivity contribution in [1.82, 2.24) is 4.90 Å². The molecule has 1 amide bonds. The highest BCUT2D eigenvalue weighted by Gasteiger charge is 2.34. The van der Waals surface area contributed by atoms with Crippen LogP contribution in [0.25, 0.3) is 0 Å². The molecule has 1 aliphatic rings. The number of β-amino-alcohol motifs (C(OH)–C–C–N with tert-alkyl or cyclic N) is 1. The van der Waals surface area contributed by atoms with E-state index in [1.807, 2.05) is 19.9 Å². The van der Waals surface area contributed by atoms with Gasteiger partial charge in [0.2, 0.25) is 0 Å². The smallest absolute Gasteiger partial charge is 0.409 e. The van der Waals surface area contributed by atoms with Gasteiger partial charge in [-0.2, -0.15) is 5.26 Å². The third-order valence-electron chi connectivity index (χ3n) is 2.25. The molecule has 0 aromatic carbocycles. The molecule has 0 aliphatic carbocycles. The number of likely N-dealkylation sites (tertiary alicyclic amines) is 1. The molecule has 1 saturated heterocycles. The highest BCUT2D eigenvalue weighted by atomic mass is 16.6. The molecule has 0 bridgehead atoms. The number of carbonyl (C=O) groups is 1. The monoisotopic (exact) mass is 212 g/mol. The van der Waals surface area contributed by atoms with Gasteiger partial charge < -0.3 is 14.7 Å². The fraction of sp³-hybridized carbons (Fsp3) is 0.800. The lowest BCUT2D eigenvalue weighted by molar-refractivity contribution is 0.0930. The molecule has 15 heavy (non-hydrogen) atoms. The largest absolute Gasteiger partial charge is 0.449 e. The van der Waals surface area contributed by atoms with Crippen LogP contribution >= 0.6 is 0 Å². The Kier molecular flexibility index (Phi) is 3.92. The SMILES string of the molecule is CC(C)COC(=O)N1CC(O)C(C#N)C1. The van der Waals surface area contributed by atoms with Crippen molar-refractivity contribution in [3.8, 4) is 6.07 Å². The molecule has 1 rings (SSSR count). The number of rotatable bonds is 2. The normalized spacial score (nSPS) is 25.4. The molecule has 0 radical (unpaired) electrons. The first kappa shape index (κ1) is 11.8. The van der Waals surface area contributed by atoms with Crippen molar-refractivity contribution in [3.63, 3.8) is 0 Å². The lowest BCUT2D eigenvalue weighted by atomic mass is 10.1. The number of carbonyl (C=O) groups excluding carboxylic acids is 1. The Morgan fingerprint density at radius 2 is 2.33 bits per heavy atom. The summed E-state index contributed by atoms with van der Waals surface area (Å²) < 4.78 is 4.99. The van der Waals surface area contributed by atoms with Gasteiger partial charge in [-0.05, 0) is 5.92 Å². The molecule has 2 unspecified atom stereocenters. The Morgan fingerprint density at radius 1 is 1.67 bits per heavy atom. The van der Waals surface area contributed by atoms with Crippen LogP contribution in [0, 0.1) is 23.2 Å². The molecule has 1 aliphatic heterocycles. The van der Waals surface area contributed by atoms with Crippen molar-refractivity contribution < 1.29 is 14.6 Å². The standard InChI is InChI=1S/C10H16N2O3/c1-7(2)6-15-10(14)12-4-8(3-11)9(13)5-12/h7-9,13H,4-6H2,1-2H3. The van der Waals surface area contributed by atoms with Crippen LogP contribution in [-0.2, 0) is 4.74 Å². The fourth-order valence-electron chi connectivity index (χ4n) is 1.39. The van der Waals surface area contributed by atoms with Gasteiger partial charge in [-0.3, -0.25) is 0 Å². The number of aliphatic hydroxyl groups is 1. The summed E-state index contributed by atoms with van der Waals surface area (Å²) in [5.41, 5.74) is 0. The minimum absolute atomic E-state index is 0.190. The van der Waals surface area contributed by atoms with Crippen molar-refractivity contribution in [2.75, 3.05) is 19.7 Å². The van der Waals surface area contributed by atoms with E-state index < -0.39 is 18.1 Å². The molecule has 1 N–H and O–H groups in total. The molecular formula is C10H16N2O3. The summed E-state index contributed by atoms with van der Waals surface area (Å²) >= 11 is 0. The number of amides is 1. The van der Waals surface area contributed by atoms with Crippen LogP contribution in [0.4, 0.5) is 4.79 Å². The molecule has 0 aromatic heterocycles. The van der Waals surface area contributed by atoms with E-state index in [2.05, 4.69) is 0 Å². The van der Waals surface area contributed by atoms with Gasteiger partial charge in [0.15, 0.2) is 0 Å². The number of aliphatic hydroxyl groups excluding tert-OH is 1. The van der Waals surface area contributed by atoms with Crippen molar-refractivity contribution in [1.29, 1.82) is 5.26 Å². The van der Waals surface area contributed by atoms with Crippen LogP contribution in [-0.4, -0.2) is 41.9 Å². The lowest BCUT2D eigenvalue weighted by Gasteiger charge is -2.16. The number of nitrogens with zero attached hydrogens (tertiary/aromatic N) is 2. The number of nitriles is 1. The molecule has 5 nitrogen and oxygen atoms in total. The maximum atomic E-state index is 11.4. The molecule has 5 heteroatoms. The van der Waals surface area contributed by atoms with Gasteiger partial charge in [0.1, 0.15) is 0 Å². The first-order valence-electron chi connectivity index (χ1n) is 5.04. The van der Waals surface area contributed by atoms with Crippen LogP contribution in [0.15, 0.2) is 0 Å². The fourth-order valence-corrected chi connectivity index (χ4v) is 1.39. The average Bonchev–Trinajstić information content (AvgIpc) is 2.56. The van der Waals surface area contributed by atoms with Crippen LogP contribution in [0.1, 0.15) is 13.8 Å². The minimum atomic E-state index is -0.749. The lowest BCUT2D eigenvalue weighted by Crippen LogP contribution is -2.31. The summed E-state index contributed by atoms with van der Waals surface area (Å²) in [6.45, 7) is 4.71. The molecule has 2 atom stereocenters. The second kappa shape index (κ2) is 4.99.